The van der Waals surface area contributed by atoms with E-state index in [9.17, 15) is 4.79 Å². The van der Waals surface area contributed by atoms with E-state index in [0.29, 0.717) is 12.1 Å². The van der Waals surface area contributed by atoms with Gasteiger partial charge in [-0.1, -0.05) is 47.7 Å². The quantitative estimate of drug-likeness (QED) is 0.305. The van der Waals surface area contributed by atoms with Crippen LogP contribution in [0.5, 0.6) is 0 Å². The number of amides is 1. The highest BCUT2D eigenvalue weighted by Gasteiger charge is 2.21. The second-order valence-corrected chi connectivity index (χ2v) is 8.65. The minimum atomic E-state index is -0.0211. The number of aromatic nitrogens is 3. The van der Waals surface area contributed by atoms with Gasteiger partial charge in [-0.15, -0.1) is 12.4 Å². The monoisotopic (exact) mass is 462 g/mol. The standard InChI is InChI=1S/C25H22N4OS.ClH/c1-18-7-10-22-23(15-18)31-25(27-22)29(13-4-12-28-14-11-26-17-28)24(30)21-9-8-19-5-2-3-6-20(19)16-21;/h2-3,5-11,14-17H,4,12-13H2,1H3;1H. The summed E-state index contributed by atoms with van der Waals surface area (Å²) in [7, 11) is 0. The summed E-state index contributed by atoms with van der Waals surface area (Å²) in [6, 6.07) is 20.2. The lowest BCUT2D eigenvalue weighted by molar-refractivity contribution is 0.0986. The smallest absolute Gasteiger partial charge is 0.260 e. The molecule has 5 aromatic rings. The van der Waals surface area contributed by atoms with E-state index in [2.05, 4.69) is 30.1 Å². The van der Waals surface area contributed by atoms with E-state index >= 15 is 0 Å². The van der Waals surface area contributed by atoms with Gasteiger partial charge in [-0.3, -0.25) is 9.69 Å². The van der Waals surface area contributed by atoms with E-state index in [0.717, 1.165) is 39.1 Å². The van der Waals surface area contributed by atoms with Crippen molar-refractivity contribution < 1.29 is 4.79 Å². The molecule has 0 atom stereocenters. The van der Waals surface area contributed by atoms with Gasteiger partial charge in [-0.25, -0.2) is 9.97 Å². The predicted molar refractivity (Wildman–Crippen MR) is 134 cm³/mol. The van der Waals surface area contributed by atoms with Crippen molar-refractivity contribution in [1.29, 1.82) is 0 Å². The fraction of sp³-hybridized carbons (Fsp3) is 0.160. The van der Waals surface area contributed by atoms with Crippen LogP contribution in [0.4, 0.5) is 5.13 Å². The number of rotatable bonds is 6. The van der Waals surface area contributed by atoms with Gasteiger partial charge < -0.3 is 4.57 Å². The molecular weight excluding hydrogens is 440 g/mol. The van der Waals surface area contributed by atoms with Gasteiger partial charge in [0.15, 0.2) is 5.13 Å². The predicted octanol–water partition coefficient (Wildman–Crippen LogP) is 6.11. The van der Waals surface area contributed by atoms with Gasteiger partial charge >= 0.3 is 0 Å². The molecule has 5 nitrogen and oxygen atoms in total. The minimum absolute atomic E-state index is 0. The van der Waals surface area contributed by atoms with Gasteiger partial charge in [0.25, 0.3) is 5.91 Å². The van der Waals surface area contributed by atoms with E-state index in [1.165, 1.54) is 5.56 Å². The fourth-order valence-electron chi connectivity index (χ4n) is 3.73. The Kier molecular flexibility index (Phi) is 6.53. The summed E-state index contributed by atoms with van der Waals surface area (Å²) < 4.78 is 3.13. The number of anilines is 1. The van der Waals surface area contributed by atoms with Crippen molar-refractivity contribution in [3.05, 3.63) is 90.5 Å². The topological polar surface area (TPSA) is 51.0 Å². The zero-order chi connectivity index (χ0) is 21.2. The van der Waals surface area contributed by atoms with Crippen molar-refractivity contribution >= 4 is 55.8 Å². The molecule has 32 heavy (non-hydrogen) atoms. The minimum Gasteiger partial charge on any atom is -0.337 e. The van der Waals surface area contributed by atoms with Crippen molar-refractivity contribution in [1.82, 2.24) is 14.5 Å². The second-order valence-electron chi connectivity index (χ2n) is 7.64. The van der Waals surface area contributed by atoms with E-state index < -0.39 is 0 Å². The molecule has 2 heterocycles. The van der Waals surface area contributed by atoms with Crippen LogP contribution in [0, 0.1) is 6.92 Å². The number of nitrogens with zero attached hydrogens (tertiary/aromatic N) is 4. The molecule has 0 aliphatic carbocycles. The summed E-state index contributed by atoms with van der Waals surface area (Å²) in [5.41, 5.74) is 2.79. The second kappa shape index (κ2) is 9.51. The summed E-state index contributed by atoms with van der Waals surface area (Å²) in [6.07, 6.45) is 6.32. The van der Waals surface area contributed by atoms with Crippen LogP contribution in [0.1, 0.15) is 22.3 Å². The van der Waals surface area contributed by atoms with Gasteiger partial charge in [0.1, 0.15) is 0 Å². The van der Waals surface area contributed by atoms with Crippen LogP contribution in [0.25, 0.3) is 21.0 Å². The first-order chi connectivity index (χ1) is 15.2. The maximum atomic E-state index is 13.6. The van der Waals surface area contributed by atoms with Crippen LogP contribution >= 0.6 is 23.7 Å². The average Bonchev–Trinajstić information content (AvgIpc) is 3.45. The SMILES string of the molecule is Cc1ccc2nc(N(CCCn3ccnc3)C(=O)c3ccc4ccccc4c3)sc2c1.Cl. The Morgan fingerprint density at radius 3 is 2.72 bits per heavy atom. The summed E-state index contributed by atoms with van der Waals surface area (Å²) in [4.78, 5) is 24.3. The van der Waals surface area contributed by atoms with E-state index in [-0.39, 0.29) is 18.3 Å². The molecule has 0 aliphatic rings. The highest BCUT2D eigenvalue weighted by atomic mass is 35.5. The number of fused-ring (bicyclic) bond motifs is 2. The summed E-state index contributed by atoms with van der Waals surface area (Å²) in [6.45, 7) is 3.45. The Hall–Kier alpha value is -3.22. The number of hydrogen-bond donors (Lipinski definition) is 0. The molecule has 0 spiro atoms. The number of thiazole rings is 1. The largest absolute Gasteiger partial charge is 0.337 e. The molecule has 0 aliphatic heterocycles. The molecule has 1 amide bonds. The normalized spacial score (nSPS) is 10.9. The molecule has 0 saturated heterocycles. The number of carbonyl (C=O) groups is 1. The van der Waals surface area contributed by atoms with Gasteiger partial charge in [0.2, 0.25) is 0 Å². The zero-order valence-electron chi connectivity index (χ0n) is 17.6. The molecule has 162 valence electrons. The molecule has 0 saturated carbocycles. The van der Waals surface area contributed by atoms with E-state index in [1.807, 2.05) is 58.1 Å². The Morgan fingerprint density at radius 2 is 1.91 bits per heavy atom. The number of halogens is 1. The van der Waals surface area contributed by atoms with Gasteiger partial charge in [-0.05, 0) is 53.9 Å². The lowest BCUT2D eigenvalue weighted by atomic mass is 10.1. The van der Waals surface area contributed by atoms with Crippen molar-refractivity contribution in [3.8, 4) is 0 Å². The van der Waals surface area contributed by atoms with Crippen LogP contribution in [0.15, 0.2) is 79.4 Å². The van der Waals surface area contributed by atoms with Crippen LogP contribution < -0.4 is 4.90 Å². The summed E-state index contributed by atoms with van der Waals surface area (Å²) in [5, 5.41) is 2.93. The molecule has 0 N–H and O–H groups in total. The Balaban J connectivity index is 0.00000245. The number of carbonyl (C=O) groups excluding carboxylic acids is 1. The molecular formula is C25H23ClN4OS. The molecule has 0 bridgehead atoms. The first-order valence-corrected chi connectivity index (χ1v) is 11.1. The lowest BCUT2D eigenvalue weighted by Crippen LogP contribution is -2.32. The molecule has 7 heteroatoms. The number of aryl methyl sites for hydroxylation is 2. The Morgan fingerprint density at radius 1 is 1.06 bits per heavy atom. The number of imidazole rings is 1. The van der Waals surface area contributed by atoms with Gasteiger partial charge in [0.05, 0.1) is 16.5 Å². The fourth-order valence-corrected chi connectivity index (χ4v) is 4.82. The Labute approximate surface area is 196 Å². The third kappa shape index (κ3) is 4.52. The first-order valence-electron chi connectivity index (χ1n) is 10.3. The maximum Gasteiger partial charge on any atom is 0.260 e. The average molecular weight is 463 g/mol. The molecule has 0 fully saturated rings. The highest BCUT2D eigenvalue weighted by Crippen LogP contribution is 2.31. The summed E-state index contributed by atoms with van der Waals surface area (Å²) in [5.74, 6) is -0.0211. The number of hydrogen-bond acceptors (Lipinski definition) is 4. The van der Waals surface area contributed by atoms with E-state index in [4.69, 9.17) is 4.98 Å². The third-order valence-corrected chi connectivity index (χ3v) is 6.40. The van der Waals surface area contributed by atoms with Crippen molar-refractivity contribution in [2.75, 3.05) is 11.4 Å². The molecule has 0 unspecified atom stereocenters. The molecule has 0 radical (unpaired) electrons. The van der Waals surface area contributed by atoms with Crippen molar-refractivity contribution in [2.45, 2.75) is 19.9 Å². The molecule has 3 aromatic carbocycles. The molecule has 2 aromatic heterocycles. The zero-order valence-corrected chi connectivity index (χ0v) is 19.3. The Bertz CT molecular complexity index is 1360. The van der Waals surface area contributed by atoms with E-state index in [1.54, 1.807) is 23.9 Å². The third-order valence-electron chi connectivity index (χ3n) is 5.36. The van der Waals surface area contributed by atoms with Crippen molar-refractivity contribution in [3.63, 3.8) is 0 Å². The van der Waals surface area contributed by atoms with Gasteiger partial charge in [0, 0.05) is 31.0 Å². The molecule has 5 rings (SSSR count). The summed E-state index contributed by atoms with van der Waals surface area (Å²) >= 11 is 1.57. The van der Waals surface area contributed by atoms with Gasteiger partial charge in [-0.2, -0.15) is 0 Å². The van der Waals surface area contributed by atoms with Crippen molar-refractivity contribution in [2.24, 2.45) is 0 Å². The van der Waals surface area contributed by atoms with Crippen LogP contribution in [0.2, 0.25) is 0 Å². The first kappa shape index (κ1) is 22.0. The lowest BCUT2D eigenvalue weighted by Gasteiger charge is -2.20. The highest BCUT2D eigenvalue weighted by molar-refractivity contribution is 7.22. The van der Waals surface area contributed by atoms with Crippen LogP contribution in [-0.4, -0.2) is 27.0 Å². The maximum absolute atomic E-state index is 13.6. The van der Waals surface area contributed by atoms with Crippen LogP contribution in [-0.2, 0) is 6.54 Å². The number of benzene rings is 3. The van der Waals surface area contributed by atoms with Crippen LogP contribution in [0.3, 0.4) is 0 Å².